The predicted molar refractivity (Wildman–Crippen MR) is 51.4 cm³/mol. The molecule has 72 valence electrons. The maximum Gasteiger partial charge on any atom is 0.0477 e. The molecule has 1 atom stereocenters. The summed E-state index contributed by atoms with van der Waals surface area (Å²) in [5.74, 6) is 0. The van der Waals surface area contributed by atoms with Crippen molar-refractivity contribution in [3.63, 3.8) is 0 Å². The van der Waals surface area contributed by atoms with Crippen molar-refractivity contribution in [3.05, 3.63) is 0 Å². The number of likely N-dealkylation sites (tertiary alicyclic amines) is 1. The second kappa shape index (κ2) is 5.55. The van der Waals surface area contributed by atoms with Gasteiger partial charge in [-0.2, -0.15) is 0 Å². The Morgan fingerprint density at radius 1 is 1.50 bits per heavy atom. The Balaban J connectivity index is 2.20. The fourth-order valence-electron chi connectivity index (χ4n) is 2.06. The van der Waals surface area contributed by atoms with E-state index in [4.69, 9.17) is 4.74 Å². The van der Waals surface area contributed by atoms with Crippen molar-refractivity contribution in [1.29, 1.82) is 0 Å². The number of hydrogen-bond donors (Lipinski definition) is 0. The minimum atomic E-state index is 0.810. The molecule has 0 amide bonds. The van der Waals surface area contributed by atoms with Gasteiger partial charge in [-0.15, -0.1) is 0 Å². The van der Waals surface area contributed by atoms with Crippen molar-refractivity contribution in [2.75, 3.05) is 26.8 Å². The van der Waals surface area contributed by atoms with Gasteiger partial charge in [-0.25, -0.2) is 0 Å². The largest absolute Gasteiger partial charge is 0.385 e. The van der Waals surface area contributed by atoms with Gasteiger partial charge in [0.05, 0.1) is 0 Å². The summed E-state index contributed by atoms with van der Waals surface area (Å²) in [6, 6.07) is 0.810. The highest BCUT2D eigenvalue weighted by Gasteiger charge is 2.22. The molecule has 0 spiro atoms. The second-order valence-corrected chi connectivity index (χ2v) is 3.61. The molecule has 1 fully saturated rings. The number of hydrogen-bond acceptors (Lipinski definition) is 2. The zero-order valence-corrected chi connectivity index (χ0v) is 8.38. The molecule has 1 aliphatic heterocycles. The molecule has 0 N–H and O–H groups in total. The molecule has 0 saturated carbocycles. The molecule has 0 aromatic rings. The number of nitrogens with zero attached hydrogens (tertiary/aromatic N) is 1. The first-order valence-corrected chi connectivity index (χ1v) is 5.11. The normalized spacial score (nSPS) is 25.0. The molecule has 0 aromatic heterocycles. The lowest BCUT2D eigenvalue weighted by Gasteiger charge is -2.23. The van der Waals surface area contributed by atoms with Gasteiger partial charge in [0.1, 0.15) is 0 Å². The Morgan fingerprint density at radius 2 is 2.33 bits per heavy atom. The first kappa shape index (κ1) is 10.0. The van der Waals surface area contributed by atoms with Crippen LogP contribution in [0.2, 0.25) is 0 Å². The van der Waals surface area contributed by atoms with Crippen molar-refractivity contribution in [1.82, 2.24) is 4.90 Å². The number of methoxy groups -OCH3 is 1. The molecule has 0 aromatic carbocycles. The van der Waals surface area contributed by atoms with Gasteiger partial charge in [0, 0.05) is 19.8 Å². The summed E-state index contributed by atoms with van der Waals surface area (Å²) in [5.41, 5.74) is 0. The second-order valence-electron chi connectivity index (χ2n) is 3.61. The monoisotopic (exact) mass is 171 g/mol. The van der Waals surface area contributed by atoms with Crippen LogP contribution in [0, 0.1) is 0 Å². The van der Waals surface area contributed by atoms with Crippen molar-refractivity contribution in [2.45, 2.75) is 38.6 Å². The van der Waals surface area contributed by atoms with E-state index in [0.717, 1.165) is 12.6 Å². The van der Waals surface area contributed by atoms with Crippen LogP contribution in [-0.4, -0.2) is 37.7 Å². The van der Waals surface area contributed by atoms with Gasteiger partial charge in [-0.3, -0.25) is 0 Å². The van der Waals surface area contributed by atoms with Crippen LogP contribution in [0.1, 0.15) is 32.6 Å². The van der Waals surface area contributed by atoms with E-state index in [9.17, 15) is 0 Å². The average Bonchev–Trinajstić information content (AvgIpc) is 2.50. The van der Waals surface area contributed by atoms with Gasteiger partial charge >= 0.3 is 0 Å². The minimum absolute atomic E-state index is 0.810. The zero-order chi connectivity index (χ0) is 8.81. The van der Waals surface area contributed by atoms with Crippen molar-refractivity contribution < 1.29 is 4.74 Å². The lowest BCUT2D eigenvalue weighted by Crippen LogP contribution is -2.30. The van der Waals surface area contributed by atoms with Crippen LogP contribution < -0.4 is 0 Å². The van der Waals surface area contributed by atoms with Gasteiger partial charge in [0.2, 0.25) is 0 Å². The van der Waals surface area contributed by atoms with E-state index in [0.29, 0.717) is 0 Å². The molecular weight excluding hydrogens is 150 g/mol. The van der Waals surface area contributed by atoms with Crippen molar-refractivity contribution >= 4 is 0 Å². The first-order valence-electron chi connectivity index (χ1n) is 5.11. The smallest absolute Gasteiger partial charge is 0.0477 e. The van der Waals surface area contributed by atoms with Crippen LogP contribution >= 0.6 is 0 Å². The predicted octanol–water partition coefficient (Wildman–Crippen LogP) is 1.90. The molecule has 2 heteroatoms. The molecule has 0 bridgehead atoms. The Bertz CT molecular complexity index is 116. The summed E-state index contributed by atoms with van der Waals surface area (Å²) in [6.45, 7) is 5.76. The van der Waals surface area contributed by atoms with Crippen LogP contribution in [0.3, 0.4) is 0 Å². The minimum Gasteiger partial charge on any atom is -0.385 e. The molecule has 1 aliphatic rings. The van der Waals surface area contributed by atoms with E-state index in [2.05, 4.69) is 11.8 Å². The maximum absolute atomic E-state index is 5.10. The van der Waals surface area contributed by atoms with Gasteiger partial charge in [0.25, 0.3) is 0 Å². The maximum atomic E-state index is 5.10. The molecule has 1 rings (SSSR count). The van der Waals surface area contributed by atoms with Gasteiger partial charge < -0.3 is 9.64 Å². The quantitative estimate of drug-likeness (QED) is 0.626. The van der Waals surface area contributed by atoms with Crippen LogP contribution in [-0.2, 0) is 4.74 Å². The zero-order valence-electron chi connectivity index (χ0n) is 8.38. The van der Waals surface area contributed by atoms with E-state index in [1.807, 2.05) is 0 Å². The van der Waals surface area contributed by atoms with E-state index >= 15 is 0 Å². The molecule has 2 nitrogen and oxygen atoms in total. The highest BCUT2D eigenvalue weighted by Crippen LogP contribution is 2.19. The number of ether oxygens (including phenoxy) is 1. The Labute approximate surface area is 75.9 Å². The SMILES string of the molecule is CCCN1CCCC1CCOC. The molecule has 1 unspecified atom stereocenters. The standard InChI is InChI=1S/C10H21NO/c1-3-7-11-8-4-5-10(11)6-9-12-2/h10H,3-9H2,1-2H3. The van der Waals surface area contributed by atoms with Crippen molar-refractivity contribution in [2.24, 2.45) is 0 Å². The Morgan fingerprint density at radius 3 is 3.00 bits per heavy atom. The topological polar surface area (TPSA) is 12.5 Å². The summed E-state index contributed by atoms with van der Waals surface area (Å²) in [7, 11) is 1.79. The third kappa shape index (κ3) is 2.76. The Hall–Kier alpha value is -0.0800. The number of rotatable bonds is 5. The fourth-order valence-corrected chi connectivity index (χ4v) is 2.06. The summed E-state index contributed by atoms with van der Waals surface area (Å²) in [4.78, 5) is 2.61. The lowest BCUT2D eigenvalue weighted by atomic mass is 10.1. The molecule has 0 radical (unpaired) electrons. The highest BCUT2D eigenvalue weighted by molar-refractivity contribution is 4.78. The highest BCUT2D eigenvalue weighted by atomic mass is 16.5. The molecular formula is C10H21NO. The molecule has 1 saturated heterocycles. The van der Waals surface area contributed by atoms with E-state index in [-0.39, 0.29) is 0 Å². The molecule has 0 aliphatic carbocycles. The summed E-state index contributed by atoms with van der Waals surface area (Å²) in [5, 5.41) is 0. The van der Waals surface area contributed by atoms with E-state index < -0.39 is 0 Å². The van der Waals surface area contributed by atoms with Crippen LogP contribution in [0.25, 0.3) is 0 Å². The van der Waals surface area contributed by atoms with Gasteiger partial charge in [-0.1, -0.05) is 6.92 Å². The van der Waals surface area contributed by atoms with Gasteiger partial charge in [0.15, 0.2) is 0 Å². The van der Waals surface area contributed by atoms with E-state index in [1.165, 1.54) is 38.8 Å². The first-order chi connectivity index (χ1) is 5.88. The summed E-state index contributed by atoms with van der Waals surface area (Å²) < 4.78 is 5.10. The fraction of sp³-hybridized carbons (Fsp3) is 1.00. The van der Waals surface area contributed by atoms with E-state index in [1.54, 1.807) is 7.11 Å². The average molecular weight is 171 g/mol. The third-order valence-corrected chi connectivity index (χ3v) is 2.67. The van der Waals surface area contributed by atoms with Crippen LogP contribution in [0.15, 0.2) is 0 Å². The van der Waals surface area contributed by atoms with Crippen LogP contribution in [0.4, 0.5) is 0 Å². The lowest BCUT2D eigenvalue weighted by molar-refractivity contribution is 0.153. The summed E-state index contributed by atoms with van der Waals surface area (Å²) in [6.07, 6.45) is 5.26. The Kier molecular flexibility index (Phi) is 4.62. The van der Waals surface area contributed by atoms with Crippen LogP contribution in [0.5, 0.6) is 0 Å². The van der Waals surface area contributed by atoms with Gasteiger partial charge in [-0.05, 0) is 38.8 Å². The summed E-state index contributed by atoms with van der Waals surface area (Å²) >= 11 is 0. The molecule has 12 heavy (non-hydrogen) atoms. The molecule has 1 heterocycles. The third-order valence-electron chi connectivity index (χ3n) is 2.67. The van der Waals surface area contributed by atoms with Crippen molar-refractivity contribution in [3.8, 4) is 0 Å².